The fourth-order valence-electron chi connectivity index (χ4n) is 3.79. The van der Waals surface area contributed by atoms with Gasteiger partial charge in [0.1, 0.15) is 16.4 Å². The molecule has 2 aromatic carbocycles. The van der Waals surface area contributed by atoms with Crippen LogP contribution in [0, 0.1) is 6.92 Å². The Morgan fingerprint density at radius 2 is 1.72 bits per heavy atom. The normalized spacial score (nSPS) is 11.1. The Labute approximate surface area is 235 Å². The zero-order valence-corrected chi connectivity index (χ0v) is 23.7. The molecule has 3 N–H and O–H groups in total. The second-order valence-corrected chi connectivity index (χ2v) is 11.5. The number of ketones is 1. The van der Waals surface area contributed by atoms with Crippen LogP contribution in [0.4, 0.5) is 16.5 Å². The van der Waals surface area contributed by atoms with Gasteiger partial charge in [-0.25, -0.2) is 17.9 Å². The Kier molecular flexibility index (Phi) is 8.43. The van der Waals surface area contributed by atoms with Crippen LogP contribution in [0.2, 0.25) is 0 Å². The van der Waals surface area contributed by atoms with Crippen molar-refractivity contribution in [2.45, 2.75) is 25.7 Å². The van der Waals surface area contributed by atoms with Gasteiger partial charge in [0.05, 0.1) is 23.4 Å². The van der Waals surface area contributed by atoms with E-state index in [4.69, 9.17) is 17.0 Å². The van der Waals surface area contributed by atoms with Gasteiger partial charge in [0.25, 0.3) is 10.0 Å². The van der Waals surface area contributed by atoms with Crippen molar-refractivity contribution < 1.29 is 22.7 Å². The SMILES string of the molecule is CCOC(=O)c1c(NC(=S)Nc2ccc(S(=O)(=O)Nc3ccnn3-c3ccccc3)cc2)sc(C)c1C(C)=O. The van der Waals surface area contributed by atoms with Crippen molar-refractivity contribution in [3.8, 4) is 5.69 Å². The number of ether oxygens (including phenoxy) is 1. The van der Waals surface area contributed by atoms with Crippen LogP contribution in [-0.2, 0) is 14.8 Å². The molecule has 2 heterocycles. The van der Waals surface area contributed by atoms with Crippen LogP contribution in [0.15, 0.2) is 71.8 Å². The summed E-state index contributed by atoms with van der Waals surface area (Å²) in [5.74, 6) is -0.577. The fourth-order valence-corrected chi connectivity index (χ4v) is 6.21. The first kappa shape index (κ1) is 28.0. The number of nitrogens with zero attached hydrogens (tertiary/aromatic N) is 2. The highest BCUT2D eigenvalue weighted by molar-refractivity contribution is 7.92. The first-order chi connectivity index (χ1) is 18.6. The highest BCUT2D eigenvalue weighted by atomic mass is 32.2. The second-order valence-electron chi connectivity index (χ2n) is 8.19. The van der Waals surface area contributed by atoms with Gasteiger partial charge in [-0.3, -0.25) is 9.52 Å². The standard InChI is InChI=1S/C26H25N5O5S3/c1-4-36-25(33)23-22(16(2)32)17(3)38-24(23)29-26(37)28-18-10-12-20(13-11-18)39(34,35)30-21-14-15-27-31(21)19-8-6-5-7-9-19/h5-15,30H,4H2,1-3H3,(H2,28,29,37). The highest BCUT2D eigenvalue weighted by Crippen LogP contribution is 2.34. The molecule has 10 nitrogen and oxygen atoms in total. The molecule has 13 heteroatoms. The third kappa shape index (κ3) is 6.33. The van der Waals surface area contributed by atoms with Crippen LogP contribution < -0.4 is 15.4 Å². The van der Waals surface area contributed by atoms with E-state index in [1.807, 2.05) is 30.3 Å². The molecule has 0 unspecified atom stereocenters. The molecule has 39 heavy (non-hydrogen) atoms. The van der Waals surface area contributed by atoms with Crippen molar-refractivity contribution in [1.29, 1.82) is 0 Å². The first-order valence-electron chi connectivity index (χ1n) is 11.7. The number of hydrogen-bond donors (Lipinski definition) is 3. The number of sulfonamides is 1. The maximum absolute atomic E-state index is 13.0. The van der Waals surface area contributed by atoms with Crippen LogP contribution in [0.1, 0.15) is 39.4 Å². The first-order valence-corrected chi connectivity index (χ1v) is 14.4. The summed E-state index contributed by atoms with van der Waals surface area (Å²) in [6.07, 6.45) is 1.51. The molecule has 4 aromatic rings. The Bertz CT molecular complexity index is 1630. The van der Waals surface area contributed by atoms with Gasteiger partial charge in [0, 0.05) is 22.2 Å². The van der Waals surface area contributed by atoms with Gasteiger partial charge in [-0.05, 0) is 69.4 Å². The van der Waals surface area contributed by atoms with Crippen molar-refractivity contribution in [3.63, 3.8) is 0 Å². The number of hydrogen-bond acceptors (Lipinski definition) is 8. The van der Waals surface area contributed by atoms with E-state index in [1.54, 1.807) is 32.0 Å². The molecule has 0 radical (unpaired) electrons. The van der Waals surface area contributed by atoms with Crippen LogP contribution in [0.3, 0.4) is 0 Å². The Hall–Kier alpha value is -4.07. The number of para-hydroxylation sites is 1. The van der Waals surface area contributed by atoms with Crippen LogP contribution >= 0.6 is 23.6 Å². The minimum Gasteiger partial charge on any atom is -0.462 e. The molecule has 0 saturated carbocycles. The number of anilines is 3. The molecule has 2 aromatic heterocycles. The molecule has 0 amide bonds. The van der Waals surface area contributed by atoms with Crippen molar-refractivity contribution in [1.82, 2.24) is 9.78 Å². The Morgan fingerprint density at radius 3 is 2.36 bits per heavy atom. The predicted molar refractivity (Wildman–Crippen MR) is 156 cm³/mol. The molecule has 0 atom stereocenters. The van der Waals surface area contributed by atoms with E-state index in [1.165, 1.54) is 41.3 Å². The molecule has 4 rings (SSSR count). The lowest BCUT2D eigenvalue weighted by Gasteiger charge is -2.13. The van der Waals surface area contributed by atoms with E-state index >= 15 is 0 Å². The number of carbonyl (C=O) groups is 2. The number of aryl methyl sites for hydroxylation is 1. The second kappa shape index (κ2) is 11.8. The molecule has 0 fully saturated rings. The zero-order valence-electron chi connectivity index (χ0n) is 21.2. The predicted octanol–water partition coefficient (Wildman–Crippen LogP) is 5.23. The minimum absolute atomic E-state index is 0.0392. The van der Waals surface area contributed by atoms with Crippen LogP contribution in [-0.4, -0.2) is 41.7 Å². The van der Waals surface area contributed by atoms with Crippen molar-refractivity contribution in [3.05, 3.63) is 82.9 Å². The van der Waals surface area contributed by atoms with Gasteiger partial charge in [0.15, 0.2) is 10.9 Å². The van der Waals surface area contributed by atoms with Crippen LogP contribution in [0.5, 0.6) is 0 Å². The van der Waals surface area contributed by atoms with Gasteiger partial charge in [-0.15, -0.1) is 11.3 Å². The topological polar surface area (TPSA) is 131 Å². The fraction of sp³-hybridized carbons (Fsp3) is 0.154. The van der Waals surface area contributed by atoms with Gasteiger partial charge in [-0.1, -0.05) is 18.2 Å². The molecule has 202 valence electrons. The number of nitrogens with one attached hydrogen (secondary N) is 3. The Morgan fingerprint density at radius 1 is 1.03 bits per heavy atom. The summed E-state index contributed by atoms with van der Waals surface area (Å²) in [5, 5.41) is 10.7. The monoisotopic (exact) mass is 583 g/mol. The molecular weight excluding hydrogens is 559 g/mol. The van der Waals surface area contributed by atoms with E-state index in [0.717, 1.165) is 0 Å². The number of aromatic nitrogens is 2. The van der Waals surface area contributed by atoms with Crippen molar-refractivity contribution in [2.24, 2.45) is 0 Å². The van der Waals surface area contributed by atoms with E-state index < -0.39 is 16.0 Å². The maximum Gasteiger partial charge on any atom is 0.341 e. The molecule has 0 saturated heterocycles. The minimum atomic E-state index is -3.91. The number of benzene rings is 2. The van der Waals surface area contributed by atoms with E-state index in [0.29, 0.717) is 32.6 Å². The number of rotatable bonds is 9. The van der Waals surface area contributed by atoms with Crippen molar-refractivity contribution >= 4 is 66.9 Å². The summed E-state index contributed by atoms with van der Waals surface area (Å²) in [7, 11) is -3.91. The van der Waals surface area contributed by atoms with Crippen LogP contribution in [0.25, 0.3) is 5.69 Å². The van der Waals surface area contributed by atoms with Gasteiger partial charge in [-0.2, -0.15) is 5.10 Å². The number of thiocarbonyl (C=S) groups is 1. The van der Waals surface area contributed by atoms with E-state index in [9.17, 15) is 18.0 Å². The molecule has 0 aliphatic heterocycles. The molecule has 0 aliphatic carbocycles. The average molecular weight is 584 g/mol. The quantitative estimate of drug-likeness (QED) is 0.138. The lowest BCUT2D eigenvalue weighted by molar-refractivity contribution is 0.0525. The molecule has 0 aliphatic rings. The smallest absolute Gasteiger partial charge is 0.341 e. The Balaban J connectivity index is 1.47. The van der Waals surface area contributed by atoms with E-state index in [2.05, 4.69) is 20.5 Å². The van der Waals surface area contributed by atoms with Gasteiger partial charge >= 0.3 is 5.97 Å². The third-order valence-electron chi connectivity index (χ3n) is 5.45. The number of esters is 1. The van der Waals surface area contributed by atoms with E-state index in [-0.39, 0.29) is 28.0 Å². The van der Waals surface area contributed by atoms with Crippen molar-refractivity contribution in [2.75, 3.05) is 22.0 Å². The van der Waals surface area contributed by atoms with Gasteiger partial charge < -0.3 is 15.4 Å². The molecular formula is C26H25N5O5S3. The number of Topliss-reactive ketones (excluding diaryl/α,β-unsaturated/α-hetero) is 1. The third-order valence-corrected chi connectivity index (χ3v) is 8.04. The largest absolute Gasteiger partial charge is 0.462 e. The summed E-state index contributed by atoms with van der Waals surface area (Å²) in [5.41, 5.74) is 1.65. The molecule has 0 bridgehead atoms. The lowest BCUT2D eigenvalue weighted by atomic mass is 10.1. The number of carbonyl (C=O) groups excluding carboxylic acids is 2. The molecule has 0 spiro atoms. The summed E-state index contributed by atoms with van der Waals surface area (Å²) in [4.78, 5) is 25.4. The lowest BCUT2D eigenvalue weighted by Crippen LogP contribution is -2.21. The average Bonchev–Trinajstić information content (AvgIpc) is 3.48. The maximum atomic E-state index is 13.0. The summed E-state index contributed by atoms with van der Waals surface area (Å²) in [6.45, 7) is 4.97. The summed E-state index contributed by atoms with van der Waals surface area (Å²) in [6, 6.07) is 16.7. The highest BCUT2D eigenvalue weighted by Gasteiger charge is 2.26. The summed E-state index contributed by atoms with van der Waals surface area (Å²) >= 11 is 6.61. The summed E-state index contributed by atoms with van der Waals surface area (Å²) < 4.78 is 35.2. The zero-order chi connectivity index (χ0) is 28.2. The van der Waals surface area contributed by atoms with Gasteiger partial charge in [0.2, 0.25) is 0 Å². The number of thiophene rings is 1.